The monoisotopic (exact) mass is 278 g/mol. The molecule has 0 amide bonds. The van der Waals surface area contributed by atoms with E-state index < -0.39 is 17.7 Å². The Kier molecular flexibility index (Phi) is 4.78. The van der Waals surface area contributed by atoms with Crippen molar-refractivity contribution in [1.29, 1.82) is 0 Å². The summed E-state index contributed by atoms with van der Waals surface area (Å²) in [4.78, 5) is 11.1. The maximum absolute atomic E-state index is 12.8. The summed E-state index contributed by atoms with van der Waals surface area (Å²) in [5.41, 5.74) is -1.26. The standard InChI is InChI=1S/C12H10ClF3O2/c1-2-18-11(17)7-10(12(14,15)16)8-4-3-5-9(13)6-8/h3-7H,2H2,1H3/b10-7+. The van der Waals surface area contributed by atoms with Crippen LogP contribution in [-0.2, 0) is 9.53 Å². The quantitative estimate of drug-likeness (QED) is 0.620. The van der Waals surface area contributed by atoms with Gasteiger partial charge in [-0.25, -0.2) is 4.79 Å². The van der Waals surface area contributed by atoms with Crippen LogP contribution in [0.25, 0.3) is 5.57 Å². The highest BCUT2D eigenvalue weighted by Gasteiger charge is 2.35. The number of carbonyl (C=O) groups is 1. The fourth-order valence-electron chi connectivity index (χ4n) is 1.29. The first-order valence-electron chi connectivity index (χ1n) is 5.06. The molecule has 1 rings (SSSR count). The van der Waals surface area contributed by atoms with Gasteiger partial charge < -0.3 is 4.74 Å². The summed E-state index contributed by atoms with van der Waals surface area (Å²) < 4.78 is 42.9. The van der Waals surface area contributed by atoms with Crippen molar-refractivity contribution in [3.63, 3.8) is 0 Å². The molecule has 0 fully saturated rings. The van der Waals surface area contributed by atoms with Gasteiger partial charge in [0.25, 0.3) is 0 Å². The molecule has 0 atom stereocenters. The van der Waals surface area contributed by atoms with Gasteiger partial charge in [-0.1, -0.05) is 23.7 Å². The Labute approximate surface area is 107 Å². The molecule has 0 bridgehead atoms. The van der Waals surface area contributed by atoms with Gasteiger partial charge in [0.2, 0.25) is 0 Å². The van der Waals surface area contributed by atoms with Gasteiger partial charge in [-0.2, -0.15) is 13.2 Å². The number of alkyl halides is 3. The largest absolute Gasteiger partial charge is 0.463 e. The summed E-state index contributed by atoms with van der Waals surface area (Å²) in [6.07, 6.45) is -4.23. The van der Waals surface area contributed by atoms with E-state index in [4.69, 9.17) is 11.6 Å². The summed E-state index contributed by atoms with van der Waals surface area (Å²) in [7, 11) is 0. The zero-order valence-electron chi connectivity index (χ0n) is 9.42. The summed E-state index contributed by atoms with van der Waals surface area (Å²) in [5, 5.41) is 0.159. The molecule has 6 heteroatoms. The molecule has 0 spiro atoms. The highest BCUT2D eigenvalue weighted by atomic mass is 35.5. The molecule has 0 radical (unpaired) electrons. The smallest absolute Gasteiger partial charge is 0.417 e. The van der Waals surface area contributed by atoms with Crippen LogP contribution in [0.2, 0.25) is 5.02 Å². The van der Waals surface area contributed by atoms with Crippen molar-refractivity contribution in [2.24, 2.45) is 0 Å². The average molecular weight is 279 g/mol. The van der Waals surface area contributed by atoms with Crippen molar-refractivity contribution < 1.29 is 22.7 Å². The molecule has 0 saturated carbocycles. The molecular formula is C12H10ClF3O2. The van der Waals surface area contributed by atoms with Crippen molar-refractivity contribution in [3.05, 3.63) is 40.9 Å². The molecule has 0 heterocycles. The van der Waals surface area contributed by atoms with Crippen LogP contribution in [0.1, 0.15) is 12.5 Å². The summed E-state index contributed by atoms with van der Waals surface area (Å²) in [5.74, 6) is -1.04. The number of benzene rings is 1. The third-order valence-corrected chi connectivity index (χ3v) is 2.22. The predicted molar refractivity (Wildman–Crippen MR) is 62.1 cm³/mol. The van der Waals surface area contributed by atoms with E-state index in [-0.39, 0.29) is 17.2 Å². The molecule has 0 aromatic heterocycles. The zero-order chi connectivity index (χ0) is 13.8. The number of hydrogen-bond donors (Lipinski definition) is 0. The molecule has 0 N–H and O–H groups in total. The van der Waals surface area contributed by atoms with E-state index in [9.17, 15) is 18.0 Å². The average Bonchev–Trinajstić information content (AvgIpc) is 2.24. The van der Waals surface area contributed by atoms with Crippen LogP contribution >= 0.6 is 11.6 Å². The number of hydrogen-bond acceptors (Lipinski definition) is 2. The summed E-state index contributed by atoms with van der Waals surface area (Å²) in [6, 6.07) is 5.19. The van der Waals surface area contributed by atoms with Gasteiger partial charge in [-0.15, -0.1) is 0 Å². The fourth-order valence-corrected chi connectivity index (χ4v) is 1.48. The fraction of sp³-hybridized carbons (Fsp3) is 0.250. The first-order chi connectivity index (χ1) is 8.34. The minimum Gasteiger partial charge on any atom is -0.463 e. The Hall–Kier alpha value is -1.49. The SMILES string of the molecule is CCOC(=O)/C=C(\c1cccc(Cl)c1)C(F)(F)F. The van der Waals surface area contributed by atoms with E-state index in [0.29, 0.717) is 6.08 Å². The lowest BCUT2D eigenvalue weighted by Gasteiger charge is -2.12. The highest BCUT2D eigenvalue weighted by Crippen LogP contribution is 2.34. The molecule has 98 valence electrons. The van der Waals surface area contributed by atoms with Crippen molar-refractivity contribution in [3.8, 4) is 0 Å². The van der Waals surface area contributed by atoms with Gasteiger partial charge in [0.05, 0.1) is 12.2 Å². The second-order valence-corrected chi connectivity index (χ2v) is 3.75. The second-order valence-electron chi connectivity index (χ2n) is 3.32. The van der Waals surface area contributed by atoms with Crippen LogP contribution in [0.5, 0.6) is 0 Å². The van der Waals surface area contributed by atoms with Gasteiger partial charge in [0.1, 0.15) is 0 Å². The first-order valence-corrected chi connectivity index (χ1v) is 5.44. The zero-order valence-corrected chi connectivity index (χ0v) is 10.2. The summed E-state index contributed by atoms with van der Waals surface area (Å²) >= 11 is 5.63. The molecule has 2 nitrogen and oxygen atoms in total. The number of esters is 1. The topological polar surface area (TPSA) is 26.3 Å². The van der Waals surface area contributed by atoms with E-state index in [1.54, 1.807) is 0 Å². The minimum absolute atomic E-state index is 0.00994. The molecule has 1 aromatic carbocycles. The summed E-state index contributed by atoms with van der Waals surface area (Å²) in [6.45, 7) is 1.52. The first kappa shape index (κ1) is 14.6. The van der Waals surface area contributed by atoms with Crippen LogP contribution < -0.4 is 0 Å². The second kappa shape index (κ2) is 5.91. The van der Waals surface area contributed by atoms with Crippen LogP contribution in [0.3, 0.4) is 0 Å². The van der Waals surface area contributed by atoms with Crippen LogP contribution in [0.4, 0.5) is 13.2 Å². The molecule has 18 heavy (non-hydrogen) atoms. The number of ether oxygens (including phenoxy) is 1. The van der Waals surface area contributed by atoms with Gasteiger partial charge in [0.15, 0.2) is 0 Å². The molecule has 0 aliphatic rings. The van der Waals surface area contributed by atoms with Crippen molar-refractivity contribution in [2.45, 2.75) is 13.1 Å². The molecular weight excluding hydrogens is 269 g/mol. The lowest BCUT2D eigenvalue weighted by Crippen LogP contribution is -2.13. The Morgan fingerprint density at radius 3 is 2.61 bits per heavy atom. The third-order valence-electron chi connectivity index (χ3n) is 1.99. The highest BCUT2D eigenvalue weighted by molar-refractivity contribution is 6.30. The van der Waals surface area contributed by atoms with E-state index >= 15 is 0 Å². The number of rotatable bonds is 3. The number of halogens is 4. The lowest BCUT2D eigenvalue weighted by molar-refractivity contribution is -0.137. The maximum atomic E-state index is 12.8. The van der Waals surface area contributed by atoms with Gasteiger partial charge in [0, 0.05) is 11.1 Å². The molecule has 0 unspecified atom stereocenters. The predicted octanol–water partition coefficient (Wildman–Crippen LogP) is 3.85. The van der Waals surface area contributed by atoms with Crippen molar-refractivity contribution in [1.82, 2.24) is 0 Å². The van der Waals surface area contributed by atoms with Crippen molar-refractivity contribution in [2.75, 3.05) is 6.61 Å². The van der Waals surface area contributed by atoms with Gasteiger partial charge >= 0.3 is 12.1 Å². The van der Waals surface area contributed by atoms with Crippen LogP contribution in [-0.4, -0.2) is 18.8 Å². The van der Waals surface area contributed by atoms with Gasteiger partial charge in [-0.05, 0) is 24.6 Å². The Morgan fingerprint density at radius 2 is 2.11 bits per heavy atom. The Bertz CT molecular complexity index is 467. The molecule has 0 aliphatic heterocycles. The molecule has 1 aromatic rings. The normalized spacial score (nSPS) is 12.4. The molecule has 0 saturated heterocycles. The van der Waals surface area contributed by atoms with Gasteiger partial charge in [-0.3, -0.25) is 0 Å². The van der Waals surface area contributed by atoms with E-state index in [2.05, 4.69) is 4.74 Å². The minimum atomic E-state index is -4.66. The van der Waals surface area contributed by atoms with E-state index in [0.717, 1.165) is 6.07 Å². The van der Waals surface area contributed by atoms with Crippen molar-refractivity contribution >= 4 is 23.1 Å². The Morgan fingerprint density at radius 1 is 1.44 bits per heavy atom. The van der Waals surface area contributed by atoms with Crippen LogP contribution in [0, 0.1) is 0 Å². The van der Waals surface area contributed by atoms with E-state index in [1.165, 1.54) is 25.1 Å². The Balaban J connectivity index is 3.19. The van der Waals surface area contributed by atoms with E-state index in [1.807, 2.05) is 0 Å². The maximum Gasteiger partial charge on any atom is 0.417 e. The third kappa shape index (κ3) is 4.07. The van der Waals surface area contributed by atoms with Crippen LogP contribution in [0.15, 0.2) is 30.3 Å². The number of allylic oxidation sites excluding steroid dienone is 1. The molecule has 0 aliphatic carbocycles. The lowest BCUT2D eigenvalue weighted by atomic mass is 10.1. The number of carbonyl (C=O) groups excluding carboxylic acids is 1.